The Morgan fingerprint density at radius 3 is 2.38 bits per heavy atom. The molecule has 1 aliphatic rings. The highest BCUT2D eigenvalue weighted by molar-refractivity contribution is 7.89. The molecule has 0 aliphatic carbocycles. The van der Waals surface area contributed by atoms with Crippen molar-refractivity contribution in [3.8, 4) is 11.5 Å². The van der Waals surface area contributed by atoms with Crippen LogP contribution in [-0.4, -0.2) is 50.9 Å². The quantitative estimate of drug-likeness (QED) is 0.772. The molecule has 0 spiro atoms. The Labute approximate surface area is 170 Å². The van der Waals surface area contributed by atoms with Gasteiger partial charge in [0.05, 0.1) is 19.1 Å². The predicted octanol–water partition coefficient (Wildman–Crippen LogP) is 2.45. The standard InChI is InChI=1S/C20H25N3O5S/c1-14-4-7-19(21-13-14)22-20(24)15-8-10-23(11-9-15)29(25,26)16-5-6-17(27-2)18(12-16)28-3/h4-7,12-13,15H,8-11H2,1-3H3,(H,21,22,24). The Morgan fingerprint density at radius 2 is 1.79 bits per heavy atom. The molecule has 8 nitrogen and oxygen atoms in total. The second kappa shape index (κ2) is 8.79. The van der Waals surface area contributed by atoms with Gasteiger partial charge in [-0.15, -0.1) is 0 Å². The summed E-state index contributed by atoms with van der Waals surface area (Å²) in [6, 6.07) is 8.15. The maximum atomic E-state index is 13.0. The van der Waals surface area contributed by atoms with Gasteiger partial charge in [-0.05, 0) is 43.5 Å². The maximum Gasteiger partial charge on any atom is 0.243 e. The first-order valence-electron chi connectivity index (χ1n) is 9.31. The van der Waals surface area contributed by atoms with Crippen LogP contribution >= 0.6 is 0 Å². The van der Waals surface area contributed by atoms with E-state index in [0.29, 0.717) is 30.2 Å². The van der Waals surface area contributed by atoms with Gasteiger partial charge in [-0.25, -0.2) is 13.4 Å². The number of aromatic nitrogens is 1. The lowest BCUT2D eigenvalue weighted by molar-refractivity contribution is -0.120. The van der Waals surface area contributed by atoms with E-state index in [9.17, 15) is 13.2 Å². The molecule has 3 rings (SSSR count). The minimum atomic E-state index is -3.68. The highest BCUT2D eigenvalue weighted by atomic mass is 32.2. The van der Waals surface area contributed by atoms with Crippen molar-refractivity contribution >= 4 is 21.7 Å². The molecule has 0 bridgehead atoms. The summed E-state index contributed by atoms with van der Waals surface area (Å²) in [5.41, 5.74) is 1.01. The highest BCUT2D eigenvalue weighted by Crippen LogP contribution is 2.32. The van der Waals surface area contributed by atoms with Gasteiger partial charge in [-0.1, -0.05) is 6.07 Å². The number of benzene rings is 1. The van der Waals surface area contributed by atoms with E-state index in [0.717, 1.165) is 5.56 Å². The van der Waals surface area contributed by atoms with E-state index in [2.05, 4.69) is 10.3 Å². The highest BCUT2D eigenvalue weighted by Gasteiger charge is 2.32. The summed E-state index contributed by atoms with van der Waals surface area (Å²) in [6.07, 6.45) is 2.59. The average Bonchev–Trinajstić information content (AvgIpc) is 2.74. The van der Waals surface area contributed by atoms with Crippen LogP contribution in [0.4, 0.5) is 5.82 Å². The fraction of sp³-hybridized carbons (Fsp3) is 0.400. The molecule has 0 atom stereocenters. The largest absolute Gasteiger partial charge is 0.493 e. The summed E-state index contributed by atoms with van der Waals surface area (Å²) in [5.74, 6) is 0.931. The monoisotopic (exact) mass is 419 g/mol. The summed E-state index contributed by atoms with van der Waals surface area (Å²) in [4.78, 5) is 16.8. The van der Waals surface area contributed by atoms with Gasteiger partial charge in [-0.3, -0.25) is 4.79 Å². The summed E-state index contributed by atoms with van der Waals surface area (Å²) in [7, 11) is -0.725. The van der Waals surface area contributed by atoms with E-state index in [1.165, 1.54) is 30.7 Å². The summed E-state index contributed by atoms with van der Waals surface area (Å²) >= 11 is 0. The predicted molar refractivity (Wildman–Crippen MR) is 109 cm³/mol. The number of hydrogen-bond acceptors (Lipinski definition) is 6. The van der Waals surface area contributed by atoms with Gasteiger partial charge in [0.25, 0.3) is 0 Å². The van der Waals surface area contributed by atoms with Gasteiger partial charge in [0.2, 0.25) is 15.9 Å². The lowest BCUT2D eigenvalue weighted by Crippen LogP contribution is -2.41. The average molecular weight is 420 g/mol. The summed E-state index contributed by atoms with van der Waals surface area (Å²) < 4.78 is 37.7. The molecule has 1 saturated heterocycles. The van der Waals surface area contributed by atoms with Crippen molar-refractivity contribution in [1.29, 1.82) is 0 Å². The lowest BCUT2D eigenvalue weighted by atomic mass is 9.97. The number of piperidine rings is 1. The van der Waals surface area contributed by atoms with E-state index in [4.69, 9.17) is 9.47 Å². The second-order valence-corrected chi connectivity index (χ2v) is 8.84. The van der Waals surface area contributed by atoms with E-state index in [1.54, 1.807) is 18.3 Å². The Hall–Kier alpha value is -2.65. The molecule has 0 unspecified atom stereocenters. The van der Waals surface area contributed by atoms with Crippen molar-refractivity contribution in [3.05, 3.63) is 42.1 Å². The van der Waals surface area contributed by atoms with Gasteiger partial charge >= 0.3 is 0 Å². The number of ether oxygens (including phenoxy) is 2. The molecule has 0 radical (unpaired) electrons. The molecule has 1 aromatic carbocycles. The van der Waals surface area contributed by atoms with Crippen molar-refractivity contribution in [2.45, 2.75) is 24.7 Å². The zero-order valence-corrected chi connectivity index (χ0v) is 17.5. The Bertz CT molecular complexity index is 968. The SMILES string of the molecule is COc1ccc(S(=O)(=O)N2CCC(C(=O)Nc3ccc(C)cn3)CC2)cc1OC. The fourth-order valence-electron chi connectivity index (χ4n) is 3.25. The number of methoxy groups -OCH3 is 2. The molecule has 0 saturated carbocycles. The third-order valence-corrected chi connectivity index (χ3v) is 6.87. The number of hydrogen-bond donors (Lipinski definition) is 1. The van der Waals surface area contributed by atoms with Crippen LogP contribution in [0.25, 0.3) is 0 Å². The Kier molecular flexibility index (Phi) is 6.39. The zero-order chi connectivity index (χ0) is 21.0. The third kappa shape index (κ3) is 4.68. The van der Waals surface area contributed by atoms with E-state index < -0.39 is 10.0 Å². The molecule has 1 amide bonds. The van der Waals surface area contributed by atoms with Crippen LogP contribution in [-0.2, 0) is 14.8 Å². The van der Waals surface area contributed by atoms with Gasteiger partial charge < -0.3 is 14.8 Å². The number of pyridine rings is 1. The molecule has 2 aromatic rings. The first-order chi connectivity index (χ1) is 13.8. The molecule has 9 heteroatoms. The molecule has 2 heterocycles. The minimum absolute atomic E-state index is 0.135. The first-order valence-corrected chi connectivity index (χ1v) is 10.7. The van der Waals surface area contributed by atoms with Gasteiger partial charge in [0, 0.05) is 31.3 Å². The topological polar surface area (TPSA) is 97.8 Å². The summed E-state index contributed by atoms with van der Waals surface area (Å²) in [5, 5.41) is 2.80. The number of nitrogens with one attached hydrogen (secondary N) is 1. The normalized spacial score (nSPS) is 15.7. The molecule has 1 fully saturated rings. The van der Waals surface area contributed by atoms with Crippen LogP contribution in [0, 0.1) is 12.8 Å². The van der Waals surface area contributed by atoms with Gasteiger partial charge in [0.15, 0.2) is 11.5 Å². The van der Waals surface area contributed by atoms with Crippen molar-refractivity contribution in [3.63, 3.8) is 0 Å². The second-order valence-electron chi connectivity index (χ2n) is 6.91. The number of carbonyl (C=O) groups excluding carboxylic acids is 1. The number of carbonyl (C=O) groups is 1. The van der Waals surface area contributed by atoms with Crippen LogP contribution in [0.15, 0.2) is 41.4 Å². The molecule has 1 aliphatic heterocycles. The van der Waals surface area contributed by atoms with Crippen molar-refractivity contribution < 1.29 is 22.7 Å². The number of nitrogens with zero attached hydrogens (tertiary/aromatic N) is 2. The molecular weight excluding hydrogens is 394 g/mol. The van der Waals surface area contributed by atoms with E-state index >= 15 is 0 Å². The van der Waals surface area contributed by atoms with Crippen LogP contribution in [0.5, 0.6) is 11.5 Å². The van der Waals surface area contributed by atoms with Crippen LogP contribution in [0.2, 0.25) is 0 Å². The number of rotatable bonds is 6. The first kappa shape index (κ1) is 21.1. The molecule has 1 aromatic heterocycles. The molecule has 1 N–H and O–H groups in total. The Balaban J connectivity index is 1.65. The summed E-state index contributed by atoms with van der Waals surface area (Å²) in [6.45, 7) is 2.47. The molecular formula is C20H25N3O5S. The zero-order valence-electron chi connectivity index (χ0n) is 16.7. The molecule has 156 valence electrons. The number of amides is 1. The van der Waals surface area contributed by atoms with Crippen molar-refractivity contribution in [1.82, 2.24) is 9.29 Å². The van der Waals surface area contributed by atoms with Crippen LogP contribution < -0.4 is 14.8 Å². The third-order valence-electron chi connectivity index (χ3n) is 4.98. The van der Waals surface area contributed by atoms with Crippen LogP contribution in [0.3, 0.4) is 0 Å². The Morgan fingerprint density at radius 1 is 1.10 bits per heavy atom. The van der Waals surface area contributed by atoms with Gasteiger partial charge in [0.1, 0.15) is 5.82 Å². The molecule has 29 heavy (non-hydrogen) atoms. The van der Waals surface area contributed by atoms with Crippen LogP contribution in [0.1, 0.15) is 18.4 Å². The van der Waals surface area contributed by atoms with E-state index in [1.807, 2.05) is 13.0 Å². The maximum absolute atomic E-state index is 13.0. The number of anilines is 1. The lowest BCUT2D eigenvalue weighted by Gasteiger charge is -2.30. The van der Waals surface area contributed by atoms with Gasteiger partial charge in [-0.2, -0.15) is 4.31 Å². The number of aryl methyl sites for hydroxylation is 1. The van der Waals surface area contributed by atoms with Crippen molar-refractivity contribution in [2.75, 3.05) is 32.6 Å². The van der Waals surface area contributed by atoms with E-state index in [-0.39, 0.29) is 29.8 Å². The smallest absolute Gasteiger partial charge is 0.243 e. The van der Waals surface area contributed by atoms with Crippen molar-refractivity contribution in [2.24, 2.45) is 5.92 Å². The number of sulfonamides is 1. The minimum Gasteiger partial charge on any atom is -0.493 e. The fourth-order valence-corrected chi connectivity index (χ4v) is 4.74.